The lowest BCUT2D eigenvalue weighted by Crippen LogP contribution is -2.00. The summed E-state index contributed by atoms with van der Waals surface area (Å²) in [6, 6.07) is 0. The predicted octanol–water partition coefficient (Wildman–Crippen LogP) is 1.98. The van der Waals surface area contributed by atoms with Gasteiger partial charge in [-0.1, -0.05) is 11.8 Å². The minimum Gasteiger partial charge on any atom is -0.476 e. The Bertz CT molecular complexity index is 491. The first-order valence-corrected chi connectivity index (χ1v) is 5.52. The summed E-state index contributed by atoms with van der Waals surface area (Å²) >= 11 is 4.03. The van der Waals surface area contributed by atoms with Gasteiger partial charge in [-0.2, -0.15) is 12.6 Å². The summed E-state index contributed by atoms with van der Waals surface area (Å²) in [7, 11) is 1.35. The maximum atomic E-state index is 10.9. The molecule has 0 saturated heterocycles. The van der Waals surface area contributed by atoms with Crippen LogP contribution in [-0.2, 0) is 0 Å². The molecule has 1 aromatic rings. The zero-order chi connectivity index (χ0) is 12.8. The molecular formula is C11H12N2O3S. The molecule has 0 fully saturated rings. The second-order valence-electron chi connectivity index (χ2n) is 3.19. The minimum atomic E-state index is -0.509. The van der Waals surface area contributed by atoms with Gasteiger partial charge in [-0.15, -0.1) is 0 Å². The summed E-state index contributed by atoms with van der Waals surface area (Å²) in [5.41, 5.74) is 0.873. The van der Waals surface area contributed by atoms with Gasteiger partial charge in [0.1, 0.15) is 0 Å². The average molecular weight is 252 g/mol. The third kappa shape index (κ3) is 3.11. The van der Waals surface area contributed by atoms with Gasteiger partial charge in [-0.25, -0.2) is 4.98 Å². The maximum absolute atomic E-state index is 10.9. The molecule has 17 heavy (non-hydrogen) atoms. The largest absolute Gasteiger partial charge is 0.476 e. The number of aromatic nitrogens is 1. The van der Waals surface area contributed by atoms with E-state index in [9.17, 15) is 10.1 Å². The molecular weight excluding hydrogens is 240 g/mol. The van der Waals surface area contributed by atoms with Crippen LogP contribution in [0.25, 0.3) is 0 Å². The number of rotatable bonds is 3. The second kappa shape index (κ2) is 6.11. The van der Waals surface area contributed by atoms with E-state index in [1.165, 1.54) is 13.3 Å². The van der Waals surface area contributed by atoms with Crippen molar-refractivity contribution in [3.05, 3.63) is 27.4 Å². The highest BCUT2D eigenvalue weighted by Crippen LogP contribution is 2.29. The van der Waals surface area contributed by atoms with E-state index in [-0.39, 0.29) is 11.6 Å². The van der Waals surface area contributed by atoms with Crippen LogP contribution in [0, 0.1) is 28.9 Å². The predicted molar refractivity (Wildman–Crippen MR) is 67.5 cm³/mol. The highest BCUT2D eigenvalue weighted by Gasteiger charge is 2.21. The smallest absolute Gasteiger partial charge is 0.335 e. The number of nitro groups is 1. The van der Waals surface area contributed by atoms with Crippen molar-refractivity contribution in [1.29, 1.82) is 0 Å². The van der Waals surface area contributed by atoms with Crippen molar-refractivity contribution in [2.24, 2.45) is 0 Å². The highest BCUT2D eigenvalue weighted by molar-refractivity contribution is 7.80. The summed E-state index contributed by atoms with van der Waals surface area (Å²) in [5.74, 6) is 6.36. The van der Waals surface area contributed by atoms with Crippen LogP contribution in [0.1, 0.15) is 17.5 Å². The SMILES string of the molecule is COc1ncc(C#CCCS)c(C)c1[N+](=O)[O-]. The van der Waals surface area contributed by atoms with Gasteiger partial charge < -0.3 is 4.74 Å². The fourth-order valence-electron chi connectivity index (χ4n) is 1.27. The van der Waals surface area contributed by atoms with Gasteiger partial charge in [0.05, 0.1) is 17.6 Å². The molecule has 5 nitrogen and oxygen atoms in total. The molecule has 6 heteroatoms. The normalized spacial score (nSPS) is 9.35. The van der Waals surface area contributed by atoms with Crippen molar-refractivity contribution in [3.63, 3.8) is 0 Å². The standard InChI is InChI=1S/C11H12N2O3S/c1-8-9(5-3-4-6-17)7-12-11(16-2)10(8)13(14)15/h7,17H,4,6H2,1-2H3. The van der Waals surface area contributed by atoms with Crippen molar-refractivity contribution < 1.29 is 9.66 Å². The van der Waals surface area contributed by atoms with Crippen LogP contribution in [0.5, 0.6) is 5.88 Å². The summed E-state index contributed by atoms with van der Waals surface area (Å²) in [5, 5.41) is 10.9. The molecule has 1 aromatic heterocycles. The quantitative estimate of drug-likeness (QED) is 0.386. The van der Waals surface area contributed by atoms with E-state index in [1.54, 1.807) is 6.92 Å². The number of hydrogen-bond acceptors (Lipinski definition) is 5. The Balaban J connectivity index is 3.25. The van der Waals surface area contributed by atoms with E-state index in [1.807, 2.05) is 0 Å². The molecule has 0 aliphatic heterocycles. The third-order valence-corrected chi connectivity index (χ3v) is 2.33. The summed E-state index contributed by atoms with van der Waals surface area (Å²) < 4.78 is 4.85. The first kappa shape index (κ1) is 13.3. The Morgan fingerprint density at radius 1 is 1.65 bits per heavy atom. The van der Waals surface area contributed by atoms with Gasteiger partial charge in [0.25, 0.3) is 5.88 Å². The summed E-state index contributed by atoms with van der Waals surface area (Å²) in [6.07, 6.45) is 2.11. The Morgan fingerprint density at radius 2 is 2.35 bits per heavy atom. The first-order valence-electron chi connectivity index (χ1n) is 4.89. The fraction of sp³-hybridized carbons (Fsp3) is 0.364. The van der Waals surface area contributed by atoms with Crippen molar-refractivity contribution in [1.82, 2.24) is 4.98 Å². The Hall–Kier alpha value is -1.74. The van der Waals surface area contributed by atoms with Crippen molar-refractivity contribution in [3.8, 4) is 17.7 Å². The number of methoxy groups -OCH3 is 1. The van der Waals surface area contributed by atoms with Crippen LogP contribution >= 0.6 is 12.6 Å². The topological polar surface area (TPSA) is 65.3 Å². The number of pyridine rings is 1. The highest BCUT2D eigenvalue weighted by atomic mass is 32.1. The second-order valence-corrected chi connectivity index (χ2v) is 3.63. The lowest BCUT2D eigenvalue weighted by Gasteiger charge is -2.04. The third-order valence-electron chi connectivity index (χ3n) is 2.11. The number of nitrogens with zero attached hydrogens (tertiary/aromatic N) is 2. The average Bonchev–Trinajstić information content (AvgIpc) is 2.30. The lowest BCUT2D eigenvalue weighted by molar-refractivity contribution is -0.386. The molecule has 0 saturated carbocycles. The monoisotopic (exact) mass is 252 g/mol. The molecule has 0 amide bonds. The molecule has 0 aromatic carbocycles. The van der Waals surface area contributed by atoms with Crippen molar-refractivity contribution >= 4 is 18.3 Å². The molecule has 0 aliphatic rings. The van der Waals surface area contributed by atoms with Gasteiger partial charge in [-0.3, -0.25) is 10.1 Å². The first-order chi connectivity index (χ1) is 8.11. The van der Waals surface area contributed by atoms with Gasteiger partial charge in [0.2, 0.25) is 0 Å². The van der Waals surface area contributed by atoms with E-state index in [2.05, 4.69) is 29.5 Å². The molecule has 1 rings (SSSR count). The molecule has 0 atom stereocenters. The van der Waals surface area contributed by atoms with E-state index < -0.39 is 4.92 Å². The molecule has 1 heterocycles. The van der Waals surface area contributed by atoms with E-state index in [0.29, 0.717) is 23.3 Å². The maximum Gasteiger partial charge on any atom is 0.335 e. The summed E-state index contributed by atoms with van der Waals surface area (Å²) in [6.45, 7) is 1.63. The number of ether oxygens (including phenoxy) is 1. The van der Waals surface area contributed by atoms with Gasteiger partial charge in [0, 0.05) is 23.9 Å². The van der Waals surface area contributed by atoms with Crippen LogP contribution < -0.4 is 4.74 Å². The zero-order valence-electron chi connectivity index (χ0n) is 9.56. The van der Waals surface area contributed by atoms with Crippen LogP contribution in [0.4, 0.5) is 5.69 Å². The van der Waals surface area contributed by atoms with Crippen molar-refractivity contribution in [2.45, 2.75) is 13.3 Å². The Morgan fingerprint density at radius 3 is 2.88 bits per heavy atom. The van der Waals surface area contributed by atoms with Crippen LogP contribution in [-0.4, -0.2) is 22.8 Å². The fourth-order valence-corrected chi connectivity index (χ4v) is 1.38. The molecule has 90 valence electrons. The van der Waals surface area contributed by atoms with Crippen LogP contribution in [0.3, 0.4) is 0 Å². The molecule has 0 spiro atoms. The molecule has 0 radical (unpaired) electrons. The molecule has 0 bridgehead atoms. The van der Waals surface area contributed by atoms with Crippen molar-refractivity contribution in [2.75, 3.05) is 12.9 Å². The van der Waals surface area contributed by atoms with E-state index in [4.69, 9.17) is 4.74 Å². The lowest BCUT2D eigenvalue weighted by atomic mass is 10.1. The minimum absolute atomic E-state index is 0.00671. The Kier molecular flexibility index (Phi) is 4.79. The van der Waals surface area contributed by atoms with Gasteiger partial charge in [-0.05, 0) is 6.92 Å². The molecule has 0 unspecified atom stereocenters. The van der Waals surface area contributed by atoms with Gasteiger partial charge in [0.15, 0.2) is 0 Å². The molecule has 0 N–H and O–H groups in total. The van der Waals surface area contributed by atoms with Gasteiger partial charge >= 0.3 is 5.69 Å². The number of hydrogen-bond donors (Lipinski definition) is 1. The van der Waals surface area contributed by atoms with E-state index in [0.717, 1.165) is 0 Å². The van der Waals surface area contributed by atoms with E-state index >= 15 is 0 Å². The Labute approximate surface area is 105 Å². The van der Waals surface area contributed by atoms with Crippen LogP contribution in [0.2, 0.25) is 0 Å². The van der Waals surface area contributed by atoms with Crippen LogP contribution in [0.15, 0.2) is 6.20 Å². The molecule has 0 aliphatic carbocycles. The number of thiol groups is 1. The summed E-state index contributed by atoms with van der Waals surface area (Å²) in [4.78, 5) is 14.3. The zero-order valence-corrected chi connectivity index (χ0v) is 10.5.